The standard InChI is InChI=1S/C22H23BrN4O3/c1-25-22(29)27(16-6-4-3-5-7-16)20(24-25)15-10-12-26(13-11-15)21(28)18-14-17(30-2)8-9-19(18)23/h3-9,14-15H,10-13H2,1-2H3. The molecule has 7 nitrogen and oxygen atoms in total. The molecule has 1 fully saturated rings. The van der Waals surface area contributed by atoms with E-state index >= 15 is 0 Å². The molecule has 0 spiro atoms. The first-order valence-corrected chi connectivity index (χ1v) is 10.6. The van der Waals surface area contributed by atoms with E-state index in [1.807, 2.05) is 47.4 Å². The van der Waals surface area contributed by atoms with E-state index in [4.69, 9.17) is 4.74 Å². The molecular formula is C22H23BrN4O3. The van der Waals surface area contributed by atoms with E-state index in [0.29, 0.717) is 24.4 Å². The van der Waals surface area contributed by atoms with E-state index in [1.54, 1.807) is 24.8 Å². The van der Waals surface area contributed by atoms with Gasteiger partial charge in [-0.05, 0) is 59.1 Å². The topological polar surface area (TPSA) is 69.4 Å². The number of aryl methyl sites for hydroxylation is 1. The molecule has 0 aliphatic carbocycles. The quantitative estimate of drug-likeness (QED) is 0.585. The SMILES string of the molecule is COc1ccc(Br)c(C(=O)N2CCC(c3nn(C)c(=O)n3-c3ccccc3)CC2)c1. The zero-order valence-electron chi connectivity index (χ0n) is 16.9. The number of ether oxygens (including phenoxy) is 1. The Hall–Kier alpha value is -2.87. The molecule has 30 heavy (non-hydrogen) atoms. The number of aromatic nitrogens is 3. The fourth-order valence-electron chi connectivity index (χ4n) is 3.87. The molecule has 1 aromatic heterocycles. The van der Waals surface area contributed by atoms with Crippen LogP contribution in [0.25, 0.3) is 5.69 Å². The number of benzene rings is 2. The van der Waals surface area contributed by atoms with Gasteiger partial charge < -0.3 is 9.64 Å². The van der Waals surface area contributed by atoms with E-state index in [0.717, 1.165) is 28.8 Å². The van der Waals surface area contributed by atoms with Crippen molar-refractivity contribution >= 4 is 21.8 Å². The average molecular weight is 471 g/mol. The Bertz CT molecular complexity index is 1120. The lowest BCUT2D eigenvalue weighted by molar-refractivity contribution is 0.0709. The molecule has 0 N–H and O–H groups in total. The highest BCUT2D eigenvalue weighted by molar-refractivity contribution is 9.10. The van der Waals surface area contributed by atoms with Gasteiger partial charge in [0.15, 0.2) is 0 Å². The minimum Gasteiger partial charge on any atom is -0.497 e. The summed E-state index contributed by atoms with van der Waals surface area (Å²) >= 11 is 3.47. The number of carbonyl (C=O) groups excluding carboxylic acids is 1. The Labute approximate surface area is 183 Å². The lowest BCUT2D eigenvalue weighted by Gasteiger charge is -2.32. The predicted molar refractivity (Wildman–Crippen MR) is 117 cm³/mol. The highest BCUT2D eigenvalue weighted by atomic mass is 79.9. The van der Waals surface area contributed by atoms with Gasteiger partial charge in [0.25, 0.3) is 5.91 Å². The number of likely N-dealkylation sites (tertiary alicyclic amines) is 1. The lowest BCUT2D eigenvalue weighted by Crippen LogP contribution is -2.38. The molecule has 0 atom stereocenters. The number of methoxy groups -OCH3 is 1. The van der Waals surface area contributed by atoms with Crippen molar-refractivity contribution in [1.29, 1.82) is 0 Å². The Kier molecular flexibility index (Phi) is 5.76. The summed E-state index contributed by atoms with van der Waals surface area (Å²) in [6.07, 6.45) is 1.49. The number of carbonyl (C=O) groups is 1. The molecule has 1 aliphatic heterocycles. The number of hydrogen-bond acceptors (Lipinski definition) is 4. The second kappa shape index (κ2) is 8.47. The van der Waals surface area contributed by atoms with Gasteiger partial charge in [0.05, 0.1) is 18.4 Å². The number of halogens is 1. The van der Waals surface area contributed by atoms with Gasteiger partial charge in [-0.15, -0.1) is 0 Å². The first-order valence-electron chi connectivity index (χ1n) is 9.83. The Morgan fingerprint density at radius 3 is 2.50 bits per heavy atom. The second-order valence-electron chi connectivity index (χ2n) is 7.35. The largest absolute Gasteiger partial charge is 0.497 e. The van der Waals surface area contributed by atoms with E-state index in [2.05, 4.69) is 21.0 Å². The van der Waals surface area contributed by atoms with Gasteiger partial charge >= 0.3 is 5.69 Å². The molecule has 0 unspecified atom stereocenters. The summed E-state index contributed by atoms with van der Waals surface area (Å²) in [6, 6.07) is 15.0. The smallest absolute Gasteiger partial charge is 0.350 e. The van der Waals surface area contributed by atoms with Gasteiger partial charge in [0, 0.05) is 30.5 Å². The van der Waals surface area contributed by atoms with E-state index in [-0.39, 0.29) is 17.5 Å². The third-order valence-corrected chi connectivity index (χ3v) is 6.21. The maximum absolute atomic E-state index is 13.0. The van der Waals surface area contributed by atoms with Crippen LogP contribution in [0.3, 0.4) is 0 Å². The molecule has 4 rings (SSSR count). The summed E-state index contributed by atoms with van der Waals surface area (Å²) in [4.78, 5) is 27.6. The van der Waals surface area contributed by atoms with Crippen LogP contribution in [0.4, 0.5) is 0 Å². The van der Waals surface area contributed by atoms with Gasteiger partial charge in [-0.2, -0.15) is 5.10 Å². The fourth-order valence-corrected chi connectivity index (χ4v) is 4.29. The normalized spacial score (nSPS) is 14.7. The first-order chi connectivity index (χ1) is 14.5. The molecular weight excluding hydrogens is 448 g/mol. The van der Waals surface area contributed by atoms with Gasteiger partial charge in [0.1, 0.15) is 11.6 Å². The molecule has 2 aromatic carbocycles. The number of para-hydroxylation sites is 1. The van der Waals surface area contributed by atoms with E-state index in [1.165, 1.54) is 4.68 Å². The minimum absolute atomic E-state index is 0.0271. The van der Waals surface area contributed by atoms with Crippen molar-refractivity contribution in [3.8, 4) is 11.4 Å². The zero-order valence-corrected chi connectivity index (χ0v) is 18.5. The number of amides is 1. The molecule has 2 heterocycles. The van der Waals surface area contributed by atoms with Crippen LogP contribution in [0.2, 0.25) is 0 Å². The zero-order chi connectivity index (χ0) is 21.3. The van der Waals surface area contributed by atoms with Crippen LogP contribution in [0.15, 0.2) is 57.8 Å². The fraction of sp³-hybridized carbons (Fsp3) is 0.318. The van der Waals surface area contributed by atoms with Crippen LogP contribution < -0.4 is 10.4 Å². The number of nitrogens with zero attached hydrogens (tertiary/aromatic N) is 4. The number of hydrogen-bond donors (Lipinski definition) is 0. The lowest BCUT2D eigenvalue weighted by atomic mass is 9.95. The van der Waals surface area contributed by atoms with Crippen molar-refractivity contribution in [2.45, 2.75) is 18.8 Å². The van der Waals surface area contributed by atoms with Crippen molar-refractivity contribution in [2.24, 2.45) is 7.05 Å². The molecule has 8 heteroatoms. The summed E-state index contributed by atoms with van der Waals surface area (Å²) in [6.45, 7) is 1.21. The third-order valence-electron chi connectivity index (χ3n) is 5.52. The predicted octanol–water partition coefficient (Wildman–Crippen LogP) is 3.36. The number of piperidine rings is 1. The van der Waals surface area contributed by atoms with Crippen molar-refractivity contribution in [1.82, 2.24) is 19.2 Å². The Morgan fingerprint density at radius 1 is 1.13 bits per heavy atom. The van der Waals surface area contributed by atoms with Crippen LogP contribution in [0, 0.1) is 0 Å². The average Bonchev–Trinajstić information content (AvgIpc) is 3.08. The van der Waals surface area contributed by atoms with Crippen molar-refractivity contribution < 1.29 is 9.53 Å². The molecule has 0 saturated carbocycles. The van der Waals surface area contributed by atoms with Gasteiger partial charge in [-0.3, -0.25) is 4.79 Å². The molecule has 1 amide bonds. The third kappa shape index (κ3) is 3.79. The van der Waals surface area contributed by atoms with Crippen molar-refractivity contribution in [2.75, 3.05) is 20.2 Å². The summed E-state index contributed by atoms with van der Waals surface area (Å²) < 4.78 is 9.07. The van der Waals surface area contributed by atoms with E-state index in [9.17, 15) is 9.59 Å². The van der Waals surface area contributed by atoms with Gasteiger partial charge in [-0.25, -0.2) is 14.0 Å². The maximum Gasteiger partial charge on any atom is 0.350 e. The molecule has 156 valence electrons. The second-order valence-corrected chi connectivity index (χ2v) is 8.20. The van der Waals surface area contributed by atoms with Crippen molar-refractivity contribution in [3.63, 3.8) is 0 Å². The summed E-state index contributed by atoms with van der Waals surface area (Å²) in [5.41, 5.74) is 1.24. The van der Waals surface area contributed by atoms with Crippen LogP contribution in [0.5, 0.6) is 5.75 Å². The molecule has 0 radical (unpaired) electrons. The summed E-state index contributed by atoms with van der Waals surface area (Å²) in [7, 11) is 3.26. The molecule has 1 saturated heterocycles. The molecule has 0 bridgehead atoms. The maximum atomic E-state index is 13.0. The van der Waals surface area contributed by atoms with Crippen molar-refractivity contribution in [3.05, 3.63) is 74.9 Å². The van der Waals surface area contributed by atoms with Gasteiger partial charge in [0.2, 0.25) is 0 Å². The minimum atomic E-state index is -0.157. The van der Waals surface area contributed by atoms with E-state index < -0.39 is 0 Å². The van der Waals surface area contributed by atoms with Gasteiger partial charge in [-0.1, -0.05) is 18.2 Å². The highest BCUT2D eigenvalue weighted by Crippen LogP contribution is 2.30. The molecule has 1 aliphatic rings. The first kappa shape index (κ1) is 20.4. The Balaban J connectivity index is 1.54. The monoisotopic (exact) mass is 470 g/mol. The number of rotatable bonds is 4. The molecule has 3 aromatic rings. The van der Waals surface area contributed by atoms with Crippen LogP contribution in [0.1, 0.15) is 34.9 Å². The van der Waals surface area contributed by atoms with Crippen LogP contribution in [-0.2, 0) is 7.05 Å². The highest BCUT2D eigenvalue weighted by Gasteiger charge is 2.29. The van der Waals surface area contributed by atoms with Crippen LogP contribution in [-0.4, -0.2) is 45.4 Å². The summed E-state index contributed by atoms with van der Waals surface area (Å²) in [5, 5.41) is 4.51. The summed E-state index contributed by atoms with van der Waals surface area (Å²) in [5.74, 6) is 1.48. The van der Waals surface area contributed by atoms with Crippen LogP contribution >= 0.6 is 15.9 Å². The Morgan fingerprint density at radius 2 is 1.83 bits per heavy atom.